The highest BCUT2D eigenvalue weighted by Crippen LogP contribution is 2.31. The van der Waals surface area contributed by atoms with E-state index in [1.165, 1.54) is 36.0 Å². The van der Waals surface area contributed by atoms with Gasteiger partial charge in [-0.15, -0.1) is 0 Å². The second-order valence-corrected chi connectivity index (χ2v) is 8.89. The van der Waals surface area contributed by atoms with E-state index in [9.17, 15) is 14.4 Å². The monoisotopic (exact) mass is 504 g/mol. The van der Waals surface area contributed by atoms with Crippen molar-refractivity contribution in [1.82, 2.24) is 4.57 Å². The van der Waals surface area contributed by atoms with Crippen LogP contribution >= 0.6 is 11.3 Å². The Kier molecular flexibility index (Phi) is 7.30. The molecular formula is C27H24N2O6S. The topological polar surface area (TPSA) is 96.2 Å². The van der Waals surface area contributed by atoms with Crippen molar-refractivity contribution in [3.8, 4) is 11.5 Å². The van der Waals surface area contributed by atoms with Crippen LogP contribution in [0.25, 0.3) is 6.08 Å². The predicted octanol–water partition coefficient (Wildman–Crippen LogP) is 2.90. The largest absolute Gasteiger partial charge is 0.493 e. The van der Waals surface area contributed by atoms with Crippen LogP contribution in [0.5, 0.6) is 11.5 Å². The van der Waals surface area contributed by atoms with E-state index in [2.05, 4.69) is 11.6 Å². The summed E-state index contributed by atoms with van der Waals surface area (Å²) >= 11 is 1.22. The van der Waals surface area contributed by atoms with Gasteiger partial charge in [-0.3, -0.25) is 14.2 Å². The van der Waals surface area contributed by atoms with Crippen LogP contribution in [0.1, 0.15) is 31.0 Å². The van der Waals surface area contributed by atoms with E-state index < -0.39 is 18.0 Å². The number of carbonyl (C=O) groups is 2. The van der Waals surface area contributed by atoms with E-state index in [0.29, 0.717) is 31.9 Å². The average Bonchev–Trinajstić information content (AvgIpc) is 3.16. The lowest BCUT2D eigenvalue weighted by molar-refractivity contribution is -0.138. The van der Waals surface area contributed by atoms with Crippen molar-refractivity contribution in [1.29, 1.82) is 0 Å². The third kappa shape index (κ3) is 4.92. The van der Waals surface area contributed by atoms with Crippen molar-refractivity contribution >= 4 is 29.4 Å². The van der Waals surface area contributed by atoms with Gasteiger partial charge in [0.2, 0.25) is 0 Å². The Labute approximate surface area is 211 Å². The molecule has 4 rings (SSSR count). The Morgan fingerprint density at radius 1 is 1.17 bits per heavy atom. The number of rotatable bonds is 7. The number of hydrogen-bond donors (Lipinski definition) is 0. The van der Waals surface area contributed by atoms with Crippen LogP contribution in [-0.4, -0.2) is 30.2 Å². The molecule has 0 bridgehead atoms. The molecule has 0 unspecified atom stereocenters. The Balaban J connectivity index is 1.87. The maximum Gasteiger partial charge on any atom is 0.338 e. The lowest BCUT2D eigenvalue weighted by Gasteiger charge is -2.24. The van der Waals surface area contributed by atoms with Crippen LogP contribution in [0.3, 0.4) is 0 Å². The van der Waals surface area contributed by atoms with Gasteiger partial charge in [0.15, 0.2) is 16.3 Å². The van der Waals surface area contributed by atoms with Gasteiger partial charge in [-0.25, -0.2) is 9.79 Å². The summed E-state index contributed by atoms with van der Waals surface area (Å²) in [5.41, 5.74) is 1.92. The van der Waals surface area contributed by atoms with E-state index in [1.807, 2.05) is 30.3 Å². The van der Waals surface area contributed by atoms with E-state index >= 15 is 0 Å². The molecule has 1 aliphatic rings. The lowest BCUT2D eigenvalue weighted by atomic mass is 9.96. The molecular weight excluding hydrogens is 480 g/mol. The van der Waals surface area contributed by atoms with Crippen molar-refractivity contribution in [2.24, 2.45) is 4.99 Å². The Morgan fingerprint density at radius 2 is 1.92 bits per heavy atom. The van der Waals surface area contributed by atoms with Crippen molar-refractivity contribution in [3.05, 3.63) is 103 Å². The molecule has 0 amide bonds. The third-order valence-corrected chi connectivity index (χ3v) is 6.41. The zero-order valence-corrected chi connectivity index (χ0v) is 20.8. The first kappa shape index (κ1) is 24.9. The van der Waals surface area contributed by atoms with E-state index in [4.69, 9.17) is 14.2 Å². The van der Waals surface area contributed by atoms with Crippen LogP contribution in [0.15, 0.2) is 82.2 Å². The number of benzene rings is 2. The van der Waals surface area contributed by atoms with Crippen LogP contribution in [0.4, 0.5) is 0 Å². The van der Waals surface area contributed by atoms with Crippen molar-refractivity contribution < 1.29 is 23.8 Å². The summed E-state index contributed by atoms with van der Waals surface area (Å²) in [5.74, 6) is -0.374. The number of methoxy groups -OCH3 is 1. The highest BCUT2D eigenvalue weighted by Gasteiger charge is 2.33. The van der Waals surface area contributed by atoms with Crippen molar-refractivity contribution in [2.45, 2.75) is 19.9 Å². The number of aromatic nitrogens is 1. The standard InChI is InChI=1S/C27H24N2O6S/c1-5-13-34-26(32)23-16(2)28-27-29(24(23)19-9-7-6-8-10-19)25(31)22(36-27)15-18-11-12-20(35-17(3)30)21(14-18)33-4/h5-12,14-15,24H,1,13H2,2-4H3/b22-15-/t24-/m1/s1. The summed E-state index contributed by atoms with van der Waals surface area (Å²) in [5, 5.41) is 0. The molecule has 1 aliphatic heterocycles. The van der Waals surface area contributed by atoms with Gasteiger partial charge in [0.1, 0.15) is 6.61 Å². The molecule has 1 atom stereocenters. The lowest BCUT2D eigenvalue weighted by Crippen LogP contribution is -2.39. The maximum absolute atomic E-state index is 13.6. The number of thiazole rings is 1. The molecule has 3 aromatic rings. The summed E-state index contributed by atoms with van der Waals surface area (Å²) in [6.45, 7) is 6.68. The fourth-order valence-corrected chi connectivity index (χ4v) is 4.96. The van der Waals surface area contributed by atoms with Crippen LogP contribution < -0.4 is 24.4 Å². The highest BCUT2D eigenvalue weighted by molar-refractivity contribution is 7.07. The molecule has 184 valence electrons. The summed E-state index contributed by atoms with van der Waals surface area (Å²) in [6.07, 6.45) is 3.20. The van der Waals surface area contributed by atoms with Crippen molar-refractivity contribution in [2.75, 3.05) is 13.7 Å². The van der Waals surface area contributed by atoms with Gasteiger partial charge in [0, 0.05) is 6.92 Å². The minimum Gasteiger partial charge on any atom is -0.493 e. The van der Waals surface area contributed by atoms with E-state index in [-0.39, 0.29) is 17.9 Å². The number of allylic oxidation sites excluding steroid dienone is 1. The second-order valence-electron chi connectivity index (χ2n) is 7.88. The maximum atomic E-state index is 13.6. The summed E-state index contributed by atoms with van der Waals surface area (Å²) in [6, 6.07) is 13.6. The molecule has 9 heteroatoms. The van der Waals surface area contributed by atoms with Gasteiger partial charge in [-0.2, -0.15) is 0 Å². The zero-order chi connectivity index (χ0) is 25.8. The van der Waals surface area contributed by atoms with Gasteiger partial charge in [0.05, 0.1) is 29.0 Å². The molecule has 2 aromatic carbocycles. The van der Waals surface area contributed by atoms with Gasteiger partial charge in [-0.1, -0.05) is 60.4 Å². The smallest absolute Gasteiger partial charge is 0.338 e. The molecule has 36 heavy (non-hydrogen) atoms. The van der Waals surface area contributed by atoms with Gasteiger partial charge in [0.25, 0.3) is 5.56 Å². The number of nitrogens with zero attached hydrogens (tertiary/aromatic N) is 2. The summed E-state index contributed by atoms with van der Waals surface area (Å²) in [4.78, 5) is 43.0. The van der Waals surface area contributed by atoms with Crippen molar-refractivity contribution in [3.63, 3.8) is 0 Å². The fourth-order valence-electron chi connectivity index (χ4n) is 3.91. The number of hydrogen-bond acceptors (Lipinski definition) is 8. The Morgan fingerprint density at radius 3 is 2.58 bits per heavy atom. The van der Waals surface area contributed by atoms with Crippen LogP contribution in [-0.2, 0) is 14.3 Å². The Hall–Kier alpha value is -4.24. The van der Waals surface area contributed by atoms with E-state index in [1.54, 1.807) is 31.2 Å². The predicted molar refractivity (Wildman–Crippen MR) is 136 cm³/mol. The molecule has 0 fully saturated rings. The molecule has 2 heterocycles. The molecule has 8 nitrogen and oxygen atoms in total. The van der Waals surface area contributed by atoms with Gasteiger partial charge < -0.3 is 14.2 Å². The SMILES string of the molecule is C=CCOC(=O)C1=C(C)N=c2s/c(=C\c3ccc(OC(C)=O)c(OC)c3)c(=O)n2[C@@H]1c1ccccc1. The van der Waals surface area contributed by atoms with Crippen LogP contribution in [0.2, 0.25) is 0 Å². The zero-order valence-electron chi connectivity index (χ0n) is 20.0. The van der Waals surface area contributed by atoms with E-state index in [0.717, 1.165) is 5.56 Å². The van der Waals surface area contributed by atoms with Crippen LogP contribution in [0, 0.1) is 0 Å². The Bertz CT molecular complexity index is 1550. The quantitative estimate of drug-likeness (QED) is 0.279. The molecule has 0 aliphatic carbocycles. The highest BCUT2D eigenvalue weighted by atomic mass is 32.1. The average molecular weight is 505 g/mol. The first-order valence-corrected chi connectivity index (χ1v) is 11.9. The summed E-state index contributed by atoms with van der Waals surface area (Å²) in [7, 11) is 1.47. The first-order chi connectivity index (χ1) is 17.3. The number of ether oxygens (including phenoxy) is 3. The number of carbonyl (C=O) groups excluding carboxylic acids is 2. The second kappa shape index (κ2) is 10.6. The van der Waals surface area contributed by atoms with Gasteiger partial charge in [-0.05, 0) is 36.3 Å². The molecule has 0 spiro atoms. The minimum atomic E-state index is -0.692. The minimum absolute atomic E-state index is 0.0483. The number of esters is 2. The summed E-state index contributed by atoms with van der Waals surface area (Å²) < 4.78 is 17.8. The normalized spacial score (nSPS) is 15.1. The fraction of sp³-hybridized carbons (Fsp3) is 0.185. The first-order valence-electron chi connectivity index (χ1n) is 11.1. The molecule has 0 saturated heterocycles. The molecule has 0 N–H and O–H groups in total. The number of fused-ring (bicyclic) bond motifs is 1. The molecule has 0 radical (unpaired) electrons. The molecule has 0 saturated carbocycles. The van der Waals surface area contributed by atoms with Gasteiger partial charge >= 0.3 is 11.9 Å². The molecule has 1 aromatic heterocycles. The third-order valence-electron chi connectivity index (χ3n) is 5.43.